The van der Waals surface area contributed by atoms with Crippen molar-refractivity contribution in [3.63, 3.8) is 0 Å². The van der Waals surface area contributed by atoms with E-state index in [1.807, 2.05) is 18.2 Å². The third-order valence-corrected chi connectivity index (χ3v) is 4.07. The van der Waals surface area contributed by atoms with E-state index < -0.39 is 0 Å². The fourth-order valence-electron chi connectivity index (χ4n) is 2.86. The predicted octanol–water partition coefficient (Wildman–Crippen LogP) is 2.43. The molecule has 1 atom stereocenters. The highest BCUT2D eigenvalue weighted by Gasteiger charge is 2.29. The third kappa shape index (κ3) is 3.03. The Morgan fingerprint density at radius 2 is 2.08 bits per heavy atom. The van der Waals surface area contributed by atoms with Crippen molar-refractivity contribution < 1.29 is 18.5 Å². The lowest BCUT2D eigenvalue weighted by Crippen LogP contribution is -2.28. The van der Waals surface area contributed by atoms with E-state index in [0.29, 0.717) is 22.8 Å². The molecule has 1 unspecified atom stereocenters. The Morgan fingerprint density at radius 1 is 1.20 bits per heavy atom. The first-order chi connectivity index (χ1) is 12.2. The van der Waals surface area contributed by atoms with Crippen LogP contribution in [0.25, 0.3) is 11.5 Å². The summed E-state index contributed by atoms with van der Waals surface area (Å²) in [5.74, 6) is 0.763. The van der Waals surface area contributed by atoms with Gasteiger partial charge in [0.1, 0.15) is 5.69 Å². The molecule has 0 spiro atoms. The molecule has 0 radical (unpaired) electrons. The van der Waals surface area contributed by atoms with Gasteiger partial charge in [-0.05, 0) is 23.8 Å². The summed E-state index contributed by atoms with van der Waals surface area (Å²) in [6.07, 6.45) is 1.72. The standard InChI is InChI=1S/C18H15N3O4/c22-17(9-14-12-4-1-2-5-13(12)18(23)20-14)19-10-11-8-16(25-21-11)15-6-3-7-24-15/h1-8,14H,9-10H2,(H,19,22)(H,20,23). The summed E-state index contributed by atoms with van der Waals surface area (Å²) in [5.41, 5.74) is 2.07. The molecule has 25 heavy (non-hydrogen) atoms. The van der Waals surface area contributed by atoms with E-state index in [9.17, 15) is 9.59 Å². The van der Waals surface area contributed by atoms with E-state index in [1.165, 1.54) is 0 Å². The van der Waals surface area contributed by atoms with Crippen LogP contribution in [0.1, 0.15) is 34.1 Å². The van der Waals surface area contributed by atoms with E-state index in [4.69, 9.17) is 8.94 Å². The van der Waals surface area contributed by atoms with E-state index >= 15 is 0 Å². The van der Waals surface area contributed by atoms with Gasteiger partial charge in [0, 0.05) is 11.6 Å². The number of nitrogens with one attached hydrogen (secondary N) is 2. The topological polar surface area (TPSA) is 97.4 Å². The number of benzene rings is 1. The van der Waals surface area contributed by atoms with Crippen LogP contribution in [0.15, 0.2) is 57.7 Å². The molecule has 4 rings (SSSR count). The van der Waals surface area contributed by atoms with Crippen molar-refractivity contribution in [1.29, 1.82) is 0 Å². The maximum atomic E-state index is 12.2. The van der Waals surface area contributed by atoms with E-state index in [1.54, 1.807) is 30.5 Å². The van der Waals surface area contributed by atoms with Crippen molar-refractivity contribution >= 4 is 11.8 Å². The highest BCUT2D eigenvalue weighted by molar-refractivity contribution is 5.99. The Kier molecular flexibility index (Phi) is 3.81. The Bertz CT molecular complexity index is 914. The monoisotopic (exact) mass is 337 g/mol. The van der Waals surface area contributed by atoms with Gasteiger partial charge in [-0.25, -0.2) is 0 Å². The molecule has 3 aromatic rings. The van der Waals surface area contributed by atoms with Crippen molar-refractivity contribution in [1.82, 2.24) is 15.8 Å². The molecule has 2 N–H and O–H groups in total. The van der Waals surface area contributed by atoms with Crippen LogP contribution < -0.4 is 10.6 Å². The molecule has 2 amide bonds. The fourth-order valence-corrected chi connectivity index (χ4v) is 2.86. The van der Waals surface area contributed by atoms with Gasteiger partial charge in [0.15, 0.2) is 5.76 Å². The van der Waals surface area contributed by atoms with E-state index in [-0.39, 0.29) is 30.8 Å². The lowest BCUT2D eigenvalue weighted by atomic mass is 10.0. The van der Waals surface area contributed by atoms with Gasteiger partial charge in [0.2, 0.25) is 11.7 Å². The minimum absolute atomic E-state index is 0.145. The molecule has 0 bridgehead atoms. The number of hydrogen-bond acceptors (Lipinski definition) is 5. The lowest BCUT2D eigenvalue weighted by Gasteiger charge is -2.11. The van der Waals surface area contributed by atoms with Gasteiger partial charge in [-0.2, -0.15) is 0 Å². The molecule has 126 valence electrons. The Morgan fingerprint density at radius 3 is 2.92 bits per heavy atom. The minimum Gasteiger partial charge on any atom is -0.461 e. The Balaban J connectivity index is 1.35. The molecule has 1 aromatic carbocycles. The van der Waals surface area contributed by atoms with Gasteiger partial charge in [0.05, 0.1) is 25.3 Å². The van der Waals surface area contributed by atoms with Crippen LogP contribution in [-0.4, -0.2) is 17.0 Å². The van der Waals surface area contributed by atoms with Crippen LogP contribution in [0.4, 0.5) is 0 Å². The molecule has 7 nitrogen and oxygen atoms in total. The number of carbonyl (C=O) groups is 2. The van der Waals surface area contributed by atoms with Gasteiger partial charge < -0.3 is 19.6 Å². The van der Waals surface area contributed by atoms with E-state index in [2.05, 4.69) is 15.8 Å². The predicted molar refractivity (Wildman–Crippen MR) is 87.3 cm³/mol. The number of nitrogens with zero attached hydrogens (tertiary/aromatic N) is 1. The number of rotatable bonds is 5. The maximum Gasteiger partial charge on any atom is 0.252 e. The first-order valence-corrected chi connectivity index (χ1v) is 7.86. The maximum absolute atomic E-state index is 12.2. The van der Waals surface area contributed by atoms with Gasteiger partial charge in [-0.15, -0.1) is 0 Å². The number of amides is 2. The van der Waals surface area contributed by atoms with Gasteiger partial charge in [-0.3, -0.25) is 9.59 Å². The normalized spacial score (nSPS) is 15.7. The van der Waals surface area contributed by atoms with Crippen molar-refractivity contribution in [3.05, 3.63) is 65.5 Å². The van der Waals surface area contributed by atoms with Crippen molar-refractivity contribution in [2.45, 2.75) is 19.0 Å². The zero-order valence-corrected chi connectivity index (χ0v) is 13.2. The quantitative estimate of drug-likeness (QED) is 0.745. The SMILES string of the molecule is O=C(CC1NC(=O)c2ccccc21)NCc1cc(-c2ccco2)on1. The summed E-state index contributed by atoms with van der Waals surface area (Å²) in [6.45, 7) is 0.241. The summed E-state index contributed by atoms with van der Waals surface area (Å²) in [7, 11) is 0. The molecule has 1 aliphatic rings. The van der Waals surface area contributed by atoms with Crippen LogP contribution in [-0.2, 0) is 11.3 Å². The van der Waals surface area contributed by atoms with Gasteiger partial charge in [0.25, 0.3) is 5.91 Å². The second kappa shape index (κ2) is 6.27. The molecule has 0 fully saturated rings. The molecule has 0 aliphatic carbocycles. The Hall–Kier alpha value is -3.35. The minimum atomic E-state index is -0.306. The van der Waals surface area contributed by atoms with Crippen LogP contribution in [0.3, 0.4) is 0 Å². The highest BCUT2D eigenvalue weighted by Crippen LogP contribution is 2.27. The second-order valence-corrected chi connectivity index (χ2v) is 5.75. The average molecular weight is 337 g/mol. The molecule has 2 aromatic heterocycles. The second-order valence-electron chi connectivity index (χ2n) is 5.75. The smallest absolute Gasteiger partial charge is 0.252 e. The third-order valence-electron chi connectivity index (χ3n) is 4.07. The van der Waals surface area contributed by atoms with Gasteiger partial charge >= 0.3 is 0 Å². The molecule has 0 saturated carbocycles. The largest absolute Gasteiger partial charge is 0.461 e. The molecule has 7 heteroatoms. The lowest BCUT2D eigenvalue weighted by molar-refractivity contribution is -0.121. The number of carbonyl (C=O) groups excluding carboxylic acids is 2. The van der Waals surface area contributed by atoms with Crippen LogP contribution >= 0.6 is 0 Å². The van der Waals surface area contributed by atoms with Crippen LogP contribution in [0.5, 0.6) is 0 Å². The van der Waals surface area contributed by atoms with Crippen molar-refractivity contribution in [3.8, 4) is 11.5 Å². The summed E-state index contributed by atoms with van der Waals surface area (Å²) >= 11 is 0. The zero-order valence-electron chi connectivity index (χ0n) is 13.2. The summed E-state index contributed by atoms with van der Waals surface area (Å²) in [6, 6.07) is 12.2. The number of furan rings is 1. The number of aromatic nitrogens is 1. The molecular weight excluding hydrogens is 322 g/mol. The van der Waals surface area contributed by atoms with Crippen molar-refractivity contribution in [2.75, 3.05) is 0 Å². The fraction of sp³-hybridized carbons (Fsp3) is 0.167. The molecular formula is C18H15N3O4. The first-order valence-electron chi connectivity index (χ1n) is 7.86. The first kappa shape index (κ1) is 15.2. The Labute approximate surface area is 143 Å². The number of hydrogen-bond donors (Lipinski definition) is 2. The summed E-state index contributed by atoms with van der Waals surface area (Å²) in [5, 5.41) is 9.52. The van der Waals surface area contributed by atoms with Crippen molar-refractivity contribution in [2.24, 2.45) is 0 Å². The average Bonchev–Trinajstić information content (AvgIpc) is 3.34. The molecule has 1 aliphatic heterocycles. The zero-order chi connectivity index (χ0) is 17.2. The summed E-state index contributed by atoms with van der Waals surface area (Å²) in [4.78, 5) is 24.1. The van der Waals surface area contributed by atoms with Gasteiger partial charge in [-0.1, -0.05) is 23.4 Å². The van der Waals surface area contributed by atoms with E-state index in [0.717, 1.165) is 5.56 Å². The highest BCUT2D eigenvalue weighted by atomic mass is 16.5. The summed E-state index contributed by atoms with van der Waals surface area (Å²) < 4.78 is 10.4. The molecule has 0 saturated heterocycles. The van der Waals surface area contributed by atoms with Crippen LogP contribution in [0, 0.1) is 0 Å². The van der Waals surface area contributed by atoms with Crippen LogP contribution in [0.2, 0.25) is 0 Å². The number of fused-ring (bicyclic) bond motifs is 1. The molecule has 3 heterocycles.